The van der Waals surface area contributed by atoms with Gasteiger partial charge in [-0.1, -0.05) is 24.9 Å². The summed E-state index contributed by atoms with van der Waals surface area (Å²) in [6, 6.07) is 0.836. The molecule has 1 atom stereocenters. The molecule has 0 radical (unpaired) electrons. The maximum absolute atomic E-state index is 12.8. The molecule has 0 aliphatic heterocycles. The van der Waals surface area contributed by atoms with E-state index in [9.17, 15) is 13.2 Å². The smallest absolute Gasteiger partial charge is 0.319 e. The van der Waals surface area contributed by atoms with Crippen LogP contribution in [0.1, 0.15) is 38.1 Å². The highest BCUT2D eigenvalue weighted by molar-refractivity contribution is 6.33. The first-order chi connectivity index (χ1) is 9.16. The van der Waals surface area contributed by atoms with Crippen LogP contribution in [0.3, 0.4) is 0 Å². The lowest BCUT2D eigenvalue weighted by Crippen LogP contribution is -2.35. The van der Waals surface area contributed by atoms with Crippen molar-refractivity contribution in [2.45, 2.75) is 38.4 Å². The zero-order chi connectivity index (χ0) is 15.1. The molecule has 2 heterocycles. The fourth-order valence-electron chi connectivity index (χ4n) is 2.13. The second-order valence-electron chi connectivity index (χ2n) is 4.96. The van der Waals surface area contributed by atoms with Crippen molar-refractivity contribution in [1.29, 1.82) is 0 Å². The van der Waals surface area contributed by atoms with Crippen LogP contribution in [0.15, 0.2) is 12.3 Å². The van der Waals surface area contributed by atoms with Crippen molar-refractivity contribution >= 4 is 17.2 Å². The maximum atomic E-state index is 12.8. The Hall–Kier alpha value is -1.34. The molecule has 0 bridgehead atoms. The molecule has 8 heteroatoms. The van der Waals surface area contributed by atoms with Gasteiger partial charge in [-0.2, -0.15) is 13.2 Å². The van der Waals surface area contributed by atoms with Crippen LogP contribution in [0.4, 0.5) is 13.2 Å². The molecule has 0 saturated carbocycles. The molecule has 0 aliphatic carbocycles. The number of alkyl halides is 3. The molecule has 0 aliphatic rings. The number of nitrogens with zero attached hydrogens (tertiary/aromatic N) is 3. The van der Waals surface area contributed by atoms with Gasteiger partial charge in [-0.3, -0.25) is 4.40 Å². The Balaban J connectivity index is 2.67. The van der Waals surface area contributed by atoms with E-state index in [1.54, 1.807) is 6.92 Å². The predicted molar refractivity (Wildman–Crippen MR) is 69.4 cm³/mol. The number of aromatic nitrogens is 3. The number of nitrogens with two attached hydrogens (primary N) is 1. The van der Waals surface area contributed by atoms with Gasteiger partial charge >= 0.3 is 6.18 Å². The number of halogens is 4. The van der Waals surface area contributed by atoms with Crippen LogP contribution in [-0.2, 0) is 11.7 Å². The Morgan fingerprint density at radius 3 is 2.55 bits per heavy atom. The van der Waals surface area contributed by atoms with Crippen molar-refractivity contribution in [2.24, 2.45) is 5.73 Å². The van der Waals surface area contributed by atoms with Gasteiger partial charge in [0.15, 0.2) is 11.5 Å². The fraction of sp³-hybridized carbons (Fsp3) is 0.500. The molecule has 2 N–H and O–H groups in total. The fourth-order valence-corrected chi connectivity index (χ4v) is 2.38. The number of pyridine rings is 1. The van der Waals surface area contributed by atoms with Crippen molar-refractivity contribution < 1.29 is 13.2 Å². The van der Waals surface area contributed by atoms with E-state index in [0.717, 1.165) is 18.7 Å². The molecule has 0 fully saturated rings. The largest absolute Gasteiger partial charge is 0.417 e. The Morgan fingerprint density at radius 2 is 2.00 bits per heavy atom. The third-order valence-electron chi connectivity index (χ3n) is 3.07. The van der Waals surface area contributed by atoms with E-state index >= 15 is 0 Å². The minimum atomic E-state index is -4.49. The highest BCUT2D eigenvalue weighted by atomic mass is 35.5. The second-order valence-corrected chi connectivity index (χ2v) is 5.37. The first-order valence-electron chi connectivity index (χ1n) is 6.07. The summed E-state index contributed by atoms with van der Waals surface area (Å²) >= 11 is 5.84. The third-order valence-corrected chi connectivity index (χ3v) is 3.35. The van der Waals surface area contributed by atoms with Gasteiger partial charge in [-0.05, 0) is 19.4 Å². The van der Waals surface area contributed by atoms with Gasteiger partial charge in [0, 0.05) is 6.20 Å². The van der Waals surface area contributed by atoms with Crippen LogP contribution in [-0.4, -0.2) is 14.6 Å². The van der Waals surface area contributed by atoms with Crippen molar-refractivity contribution in [2.75, 3.05) is 0 Å². The highest BCUT2D eigenvalue weighted by Crippen LogP contribution is 2.33. The molecule has 0 aromatic carbocycles. The predicted octanol–water partition coefficient (Wildman–Crippen LogP) is 3.38. The summed E-state index contributed by atoms with van der Waals surface area (Å²) in [5.41, 5.74) is 4.56. The van der Waals surface area contributed by atoms with E-state index in [4.69, 9.17) is 17.3 Å². The summed E-state index contributed by atoms with van der Waals surface area (Å²) in [7, 11) is 0. The standard InChI is InChI=1S/C12H14ClF3N4/c1-3-4-11(2,17)10-19-18-9-8(13)5-7(6-20(9)10)12(14,15)16/h5-6H,3-4,17H2,1-2H3. The summed E-state index contributed by atoms with van der Waals surface area (Å²) in [4.78, 5) is 0. The van der Waals surface area contributed by atoms with Crippen LogP contribution in [0, 0.1) is 0 Å². The Labute approximate surface area is 118 Å². The van der Waals surface area contributed by atoms with Gasteiger partial charge in [0.25, 0.3) is 0 Å². The van der Waals surface area contributed by atoms with Crippen molar-refractivity contribution in [3.63, 3.8) is 0 Å². The molecule has 0 amide bonds. The maximum Gasteiger partial charge on any atom is 0.417 e. The average Bonchev–Trinajstić information content (AvgIpc) is 2.72. The van der Waals surface area contributed by atoms with E-state index in [2.05, 4.69) is 10.2 Å². The molecule has 2 rings (SSSR count). The lowest BCUT2D eigenvalue weighted by molar-refractivity contribution is -0.137. The van der Waals surface area contributed by atoms with Crippen LogP contribution < -0.4 is 5.73 Å². The number of rotatable bonds is 3. The zero-order valence-corrected chi connectivity index (χ0v) is 11.8. The van der Waals surface area contributed by atoms with Gasteiger partial charge < -0.3 is 5.73 Å². The first-order valence-corrected chi connectivity index (χ1v) is 6.45. The summed E-state index contributed by atoms with van der Waals surface area (Å²) in [6.07, 6.45) is -2.22. The lowest BCUT2D eigenvalue weighted by atomic mass is 9.97. The molecular formula is C12H14ClF3N4. The molecule has 1 unspecified atom stereocenters. The van der Waals surface area contributed by atoms with Gasteiger partial charge in [0.2, 0.25) is 0 Å². The van der Waals surface area contributed by atoms with E-state index in [1.807, 2.05) is 6.92 Å². The SMILES string of the molecule is CCCC(C)(N)c1nnc2c(Cl)cc(C(F)(F)F)cn12. The molecule has 4 nitrogen and oxygen atoms in total. The average molecular weight is 307 g/mol. The van der Waals surface area contributed by atoms with Gasteiger partial charge in [0.1, 0.15) is 0 Å². The summed E-state index contributed by atoms with van der Waals surface area (Å²) in [6.45, 7) is 3.64. The van der Waals surface area contributed by atoms with Crippen molar-refractivity contribution in [3.05, 3.63) is 28.7 Å². The summed E-state index contributed by atoms with van der Waals surface area (Å²) < 4.78 is 39.7. The molecule has 0 spiro atoms. The number of hydrogen-bond donors (Lipinski definition) is 1. The summed E-state index contributed by atoms with van der Waals surface area (Å²) in [5.74, 6) is 0.266. The van der Waals surface area contributed by atoms with Gasteiger partial charge in [-0.25, -0.2) is 0 Å². The molecule has 2 aromatic rings. The van der Waals surface area contributed by atoms with Gasteiger partial charge in [-0.15, -0.1) is 10.2 Å². The normalized spacial score (nSPS) is 15.6. The Bertz CT molecular complexity index is 633. The second kappa shape index (κ2) is 4.89. The topological polar surface area (TPSA) is 56.2 Å². The van der Waals surface area contributed by atoms with Crippen LogP contribution >= 0.6 is 11.6 Å². The molecule has 0 saturated heterocycles. The van der Waals surface area contributed by atoms with E-state index in [0.29, 0.717) is 6.42 Å². The molecule has 20 heavy (non-hydrogen) atoms. The Morgan fingerprint density at radius 1 is 1.35 bits per heavy atom. The summed E-state index contributed by atoms with van der Waals surface area (Å²) in [5, 5.41) is 7.62. The van der Waals surface area contributed by atoms with Gasteiger partial charge in [0.05, 0.1) is 16.1 Å². The van der Waals surface area contributed by atoms with Crippen LogP contribution in [0.5, 0.6) is 0 Å². The molecular weight excluding hydrogens is 293 g/mol. The van der Waals surface area contributed by atoms with E-state index < -0.39 is 17.3 Å². The Kier molecular flexibility index (Phi) is 3.68. The third kappa shape index (κ3) is 2.60. The monoisotopic (exact) mass is 306 g/mol. The number of hydrogen-bond acceptors (Lipinski definition) is 3. The quantitative estimate of drug-likeness (QED) is 0.946. The molecule has 110 valence electrons. The van der Waals surface area contributed by atoms with Crippen molar-refractivity contribution in [3.8, 4) is 0 Å². The lowest BCUT2D eigenvalue weighted by Gasteiger charge is -2.22. The minimum Gasteiger partial charge on any atom is -0.319 e. The van der Waals surface area contributed by atoms with E-state index in [-0.39, 0.29) is 16.5 Å². The van der Waals surface area contributed by atoms with E-state index in [1.165, 1.54) is 4.40 Å². The van der Waals surface area contributed by atoms with Crippen LogP contribution in [0.2, 0.25) is 5.02 Å². The number of fused-ring (bicyclic) bond motifs is 1. The first kappa shape index (κ1) is 15.1. The highest BCUT2D eigenvalue weighted by Gasteiger charge is 2.34. The van der Waals surface area contributed by atoms with Crippen LogP contribution in [0.25, 0.3) is 5.65 Å². The minimum absolute atomic E-state index is 0.106. The van der Waals surface area contributed by atoms with Crippen molar-refractivity contribution in [1.82, 2.24) is 14.6 Å². The molecule has 2 aromatic heterocycles. The zero-order valence-electron chi connectivity index (χ0n) is 11.0.